The molecule has 1 aromatic rings. The molecule has 0 saturated carbocycles. The van der Waals surface area contributed by atoms with Crippen LogP contribution in [0.1, 0.15) is 5.56 Å². The van der Waals surface area contributed by atoms with Crippen LogP contribution in [-0.4, -0.2) is 38.1 Å². The maximum Gasteiger partial charge on any atom is 0.416 e. The van der Waals surface area contributed by atoms with E-state index in [1.807, 2.05) is 0 Å². The summed E-state index contributed by atoms with van der Waals surface area (Å²) in [5.74, 6) is 0. The Balaban J connectivity index is 0.000000181. The van der Waals surface area contributed by atoms with E-state index in [1.54, 1.807) is 6.07 Å². The van der Waals surface area contributed by atoms with E-state index in [1.165, 1.54) is 25.2 Å². The number of hydrogen-bond donors (Lipinski definition) is 1. The quantitative estimate of drug-likeness (QED) is 0.755. The van der Waals surface area contributed by atoms with Crippen molar-refractivity contribution in [3.8, 4) is 0 Å². The van der Waals surface area contributed by atoms with Crippen LogP contribution in [0, 0.1) is 0 Å². The van der Waals surface area contributed by atoms with Gasteiger partial charge in [-0.25, -0.2) is 0 Å². The van der Waals surface area contributed by atoms with Gasteiger partial charge in [0.05, 0.1) is 5.56 Å². The van der Waals surface area contributed by atoms with Crippen LogP contribution in [0.5, 0.6) is 0 Å². The van der Waals surface area contributed by atoms with Crippen LogP contribution in [0.15, 0.2) is 30.3 Å². The Morgan fingerprint density at radius 2 is 1.59 bits per heavy atom. The highest BCUT2D eigenvalue weighted by Gasteiger charge is 2.29. The largest absolute Gasteiger partial charge is 0.416 e. The Morgan fingerprint density at radius 1 is 1.06 bits per heavy atom. The van der Waals surface area contributed by atoms with Crippen molar-refractivity contribution >= 4 is 0 Å². The smallest absolute Gasteiger partial charge is 0.314 e. The first kappa shape index (κ1) is 14.0. The lowest BCUT2D eigenvalue weighted by Crippen LogP contribution is -2.40. The summed E-state index contributed by atoms with van der Waals surface area (Å²) in [7, 11) is 2.15. The fourth-order valence-corrected chi connectivity index (χ4v) is 1.40. The van der Waals surface area contributed by atoms with Gasteiger partial charge in [-0.05, 0) is 7.05 Å². The summed E-state index contributed by atoms with van der Waals surface area (Å²) in [6.07, 6.45) is -4.21. The molecule has 1 aliphatic heterocycles. The lowest BCUT2D eigenvalue weighted by atomic mass is 10.2. The fourth-order valence-electron chi connectivity index (χ4n) is 1.40. The third-order valence-corrected chi connectivity index (χ3v) is 2.44. The van der Waals surface area contributed by atoms with Gasteiger partial charge in [-0.15, -0.1) is 0 Å². The van der Waals surface area contributed by atoms with Crippen LogP contribution >= 0.6 is 0 Å². The van der Waals surface area contributed by atoms with E-state index in [2.05, 4.69) is 17.3 Å². The van der Waals surface area contributed by atoms with Gasteiger partial charge in [-0.3, -0.25) is 0 Å². The Hall–Kier alpha value is -1.07. The van der Waals surface area contributed by atoms with Gasteiger partial charge in [0.25, 0.3) is 0 Å². The predicted octanol–water partition coefficient (Wildman–Crippen LogP) is 2.23. The van der Waals surface area contributed by atoms with Crippen molar-refractivity contribution in [3.63, 3.8) is 0 Å². The van der Waals surface area contributed by atoms with E-state index < -0.39 is 11.7 Å². The van der Waals surface area contributed by atoms with Crippen molar-refractivity contribution < 1.29 is 13.2 Å². The first-order chi connectivity index (χ1) is 8.00. The van der Waals surface area contributed by atoms with Crippen LogP contribution in [0.4, 0.5) is 13.2 Å². The van der Waals surface area contributed by atoms with Gasteiger partial charge in [0.1, 0.15) is 0 Å². The van der Waals surface area contributed by atoms with Gasteiger partial charge >= 0.3 is 6.18 Å². The number of alkyl halides is 3. The number of halogens is 3. The fraction of sp³-hybridized carbons (Fsp3) is 0.500. The van der Waals surface area contributed by atoms with Gasteiger partial charge in [0.15, 0.2) is 0 Å². The molecule has 1 saturated heterocycles. The minimum atomic E-state index is -4.21. The third-order valence-electron chi connectivity index (χ3n) is 2.44. The Kier molecular flexibility index (Phi) is 5.44. The molecule has 0 amide bonds. The van der Waals surface area contributed by atoms with E-state index >= 15 is 0 Å². The van der Waals surface area contributed by atoms with Gasteiger partial charge in [-0.2, -0.15) is 13.2 Å². The molecule has 0 spiro atoms. The minimum absolute atomic E-state index is 0.602. The van der Waals surface area contributed by atoms with Gasteiger partial charge in [0.2, 0.25) is 0 Å². The molecule has 2 rings (SSSR count). The number of nitrogens with zero attached hydrogens (tertiary/aromatic N) is 1. The van der Waals surface area contributed by atoms with Crippen molar-refractivity contribution in [2.24, 2.45) is 0 Å². The summed E-state index contributed by atoms with van der Waals surface area (Å²) in [6, 6.07) is 6.36. The molecule has 0 bridgehead atoms. The number of nitrogens with one attached hydrogen (secondary N) is 1. The van der Waals surface area contributed by atoms with Crippen LogP contribution < -0.4 is 5.32 Å². The van der Waals surface area contributed by atoms with E-state index in [-0.39, 0.29) is 0 Å². The van der Waals surface area contributed by atoms with Crippen molar-refractivity contribution in [2.45, 2.75) is 6.18 Å². The number of rotatable bonds is 0. The topological polar surface area (TPSA) is 15.3 Å². The summed E-state index contributed by atoms with van der Waals surface area (Å²) in [4.78, 5) is 2.33. The Morgan fingerprint density at radius 3 is 1.88 bits per heavy atom. The minimum Gasteiger partial charge on any atom is -0.314 e. The van der Waals surface area contributed by atoms with Crippen LogP contribution in [0.3, 0.4) is 0 Å². The zero-order chi connectivity index (χ0) is 12.7. The van der Waals surface area contributed by atoms with E-state index in [4.69, 9.17) is 0 Å². The SMILES string of the molecule is CN1CCNCC1.FC(F)(F)c1ccccc1. The monoisotopic (exact) mass is 246 g/mol. The van der Waals surface area contributed by atoms with Crippen LogP contribution in [0.25, 0.3) is 0 Å². The highest BCUT2D eigenvalue weighted by atomic mass is 19.4. The molecular formula is C12H17F3N2. The van der Waals surface area contributed by atoms with Crippen molar-refractivity contribution in [1.29, 1.82) is 0 Å². The molecule has 5 heteroatoms. The zero-order valence-electron chi connectivity index (χ0n) is 9.80. The molecule has 2 nitrogen and oxygen atoms in total. The van der Waals surface area contributed by atoms with Gasteiger partial charge in [-0.1, -0.05) is 30.3 Å². The molecule has 0 aliphatic carbocycles. The predicted molar refractivity (Wildman–Crippen MR) is 61.8 cm³/mol. The summed E-state index contributed by atoms with van der Waals surface area (Å²) in [5.41, 5.74) is -0.602. The molecule has 1 aliphatic rings. The molecule has 17 heavy (non-hydrogen) atoms. The zero-order valence-corrected chi connectivity index (χ0v) is 9.80. The lowest BCUT2D eigenvalue weighted by molar-refractivity contribution is -0.137. The number of benzene rings is 1. The molecule has 0 radical (unpaired) electrons. The molecule has 96 valence electrons. The Labute approximate surface area is 99.4 Å². The number of piperazine rings is 1. The molecule has 1 fully saturated rings. The van der Waals surface area contributed by atoms with Crippen molar-refractivity contribution in [2.75, 3.05) is 33.2 Å². The number of hydrogen-bond acceptors (Lipinski definition) is 2. The van der Waals surface area contributed by atoms with Crippen LogP contribution in [0.2, 0.25) is 0 Å². The second-order valence-electron chi connectivity index (χ2n) is 3.92. The molecular weight excluding hydrogens is 229 g/mol. The van der Waals surface area contributed by atoms with Crippen molar-refractivity contribution in [1.82, 2.24) is 10.2 Å². The molecule has 0 unspecified atom stereocenters. The lowest BCUT2D eigenvalue weighted by Gasteiger charge is -2.21. The first-order valence-corrected chi connectivity index (χ1v) is 5.51. The highest BCUT2D eigenvalue weighted by molar-refractivity contribution is 5.17. The molecule has 0 aromatic heterocycles. The highest BCUT2D eigenvalue weighted by Crippen LogP contribution is 2.28. The second-order valence-corrected chi connectivity index (χ2v) is 3.92. The third kappa shape index (κ3) is 5.70. The van der Waals surface area contributed by atoms with E-state index in [9.17, 15) is 13.2 Å². The van der Waals surface area contributed by atoms with Gasteiger partial charge in [0, 0.05) is 26.2 Å². The summed E-state index contributed by atoms with van der Waals surface area (Å²) >= 11 is 0. The summed E-state index contributed by atoms with van der Waals surface area (Å²) in [6.45, 7) is 4.74. The average Bonchev–Trinajstić information content (AvgIpc) is 2.31. The van der Waals surface area contributed by atoms with Crippen LogP contribution in [-0.2, 0) is 6.18 Å². The van der Waals surface area contributed by atoms with Crippen molar-refractivity contribution in [3.05, 3.63) is 35.9 Å². The normalized spacial score (nSPS) is 17.2. The summed E-state index contributed by atoms with van der Waals surface area (Å²) < 4.78 is 35.4. The van der Waals surface area contributed by atoms with E-state index in [0.717, 1.165) is 25.2 Å². The molecule has 1 N–H and O–H groups in total. The first-order valence-electron chi connectivity index (χ1n) is 5.51. The standard InChI is InChI=1S/C7H5F3.C5H12N2/c8-7(9,10)6-4-2-1-3-5-6;1-7-4-2-6-3-5-7/h1-5H;6H,2-5H2,1H3. The maximum atomic E-state index is 11.8. The van der Waals surface area contributed by atoms with E-state index in [0.29, 0.717) is 0 Å². The average molecular weight is 246 g/mol. The molecule has 1 heterocycles. The summed E-state index contributed by atoms with van der Waals surface area (Å²) in [5, 5.41) is 3.27. The Bertz CT molecular complexity index is 305. The molecule has 0 atom stereocenters. The number of likely N-dealkylation sites (N-methyl/N-ethyl adjacent to an activating group) is 1. The second kappa shape index (κ2) is 6.61. The molecule has 1 aromatic carbocycles. The van der Waals surface area contributed by atoms with Gasteiger partial charge < -0.3 is 10.2 Å². The maximum absolute atomic E-state index is 11.8.